The van der Waals surface area contributed by atoms with E-state index in [1.807, 2.05) is 13.8 Å². The molecule has 90 valence electrons. The molecule has 2 amide bonds. The lowest BCUT2D eigenvalue weighted by Crippen LogP contribution is -2.37. The van der Waals surface area contributed by atoms with Gasteiger partial charge in [-0.05, 0) is 12.3 Å². The number of hydrogen-bond donors (Lipinski definition) is 1. The predicted molar refractivity (Wildman–Crippen MR) is 56.5 cm³/mol. The highest BCUT2D eigenvalue weighted by molar-refractivity contribution is 6.02. The number of aliphatic carboxylic acids is 1. The molecule has 1 aliphatic heterocycles. The number of carbonyl (C=O) groups is 3. The third-order valence-corrected chi connectivity index (χ3v) is 2.66. The maximum Gasteiger partial charge on any atom is 0.308 e. The minimum Gasteiger partial charge on any atom is -0.481 e. The molecule has 0 aromatic rings. The van der Waals surface area contributed by atoms with E-state index < -0.39 is 11.9 Å². The van der Waals surface area contributed by atoms with E-state index in [0.29, 0.717) is 6.42 Å². The van der Waals surface area contributed by atoms with E-state index in [1.165, 1.54) is 0 Å². The van der Waals surface area contributed by atoms with Crippen LogP contribution in [-0.2, 0) is 14.4 Å². The molecule has 1 fully saturated rings. The van der Waals surface area contributed by atoms with Crippen molar-refractivity contribution in [3.8, 4) is 0 Å². The second-order valence-corrected chi connectivity index (χ2v) is 4.56. The van der Waals surface area contributed by atoms with E-state index in [0.717, 1.165) is 4.90 Å². The van der Waals surface area contributed by atoms with Gasteiger partial charge in [0.2, 0.25) is 11.8 Å². The van der Waals surface area contributed by atoms with Crippen molar-refractivity contribution in [2.24, 2.45) is 11.8 Å². The van der Waals surface area contributed by atoms with Crippen molar-refractivity contribution in [2.45, 2.75) is 33.1 Å². The molecule has 1 heterocycles. The maximum atomic E-state index is 11.3. The van der Waals surface area contributed by atoms with Gasteiger partial charge in [0.1, 0.15) is 0 Å². The van der Waals surface area contributed by atoms with Crippen molar-refractivity contribution < 1.29 is 19.5 Å². The van der Waals surface area contributed by atoms with E-state index in [9.17, 15) is 14.4 Å². The molecule has 16 heavy (non-hydrogen) atoms. The number of carbonyl (C=O) groups excluding carboxylic acids is 2. The first-order valence-corrected chi connectivity index (χ1v) is 5.47. The van der Waals surface area contributed by atoms with Gasteiger partial charge in [0.25, 0.3) is 0 Å². The van der Waals surface area contributed by atoms with Crippen LogP contribution in [0, 0.1) is 11.8 Å². The third-order valence-electron chi connectivity index (χ3n) is 2.66. The van der Waals surface area contributed by atoms with Crippen LogP contribution in [0.25, 0.3) is 0 Å². The van der Waals surface area contributed by atoms with Crippen LogP contribution in [-0.4, -0.2) is 34.3 Å². The average molecular weight is 227 g/mol. The van der Waals surface area contributed by atoms with Gasteiger partial charge in [-0.1, -0.05) is 13.8 Å². The van der Waals surface area contributed by atoms with Gasteiger partial charge in [-0.3, -0.25) is 19.3 Å². The largest absolute Gasteiger partial charge is 0.481 e. The van der Waals surface area contributed by atoms with E-state index in [1.54, 1.807) is 0 Å². The SMILES string of the molecule is CC(C)CC(CN1C(=O)CCC1=O)C(=O)O. The summed E-state index contributed by atoms with van der Waals surface area (Å²) in [4.78, 5) is 34.8. The number of carboxylic acid groups (broad SMARTS) is 1. The molecule has 1 N–H and O–H groups in total. The van der Waals surface area contributed by atoms with Gasteiger partial charge in [-0.15, -0.1) is 0 Å². The van der Waals surface area contributed by atoms with Crippen LogP contribution >= 0.6 is 0 Å². The van der Waals surface area contributed by atoms with Gasteiger partial charge in [0, 0.05) is 19.4 Å². The molecule has 1 rings (SSSR count). The molecule has 1 aliphatic rings. The van der Waals surface area contributed by atoms with Crippen LogP contribution in [0.3, 0.4) is 0 Å². The molecule has 0 bridgehead atoms. The van der Waals surface area contributed by atoms with Crippen molar-refractivity contribution in [2.75, 3.05) is 6.54 Å². The zero-order chi connectivity index (χ0) is 12.3. The van der Waals surface area contributed by atoms with Crippen molar-refractivity contribution in [3.63, 3.8) is 0 Å². The van der Waals surface area contributed by atoms with Crippen molar-refractivity contribution in [1.82, 2.24) is 4.90 Å². The fourth-order valence-corrected chi connectivity index (χ4v) is 1.87. The highest BCUT2D eigenvalue weighted by Gasteiger charge is 2.33. The number of hydrogen-bond acceptors (Lipinski definition) is 3. The molecule has 1 atom stereocenters. The Kier molecular flexibility index (Phi) is 4.04. The van der Waals surface area contributed by atoms with Gasteiger partial charge >= 0.3 is 5.97 Å². The summed E-state index contributed by atoms with van der Waals surface area (Å²) < 4.78 is 0. The first-order chi connectivity index (χ1) is 7.41. The molecule has 1 saturated heterocycles. The fourth-order valence-electron chi connectivity index (χ4n) is 1.87. The highest BCUT2D eigenvalue weighted by atomic mass is 16.4. The normalized spacial score (nSPS) is 18.3. The minimum absolute atomic E-state index is 0.0190. The fraction of sp³-hybridized carbons (Fsp3) is 0.727. The Morgan fingerprint density at radius 3 is 2.19 bits per heavy atom. The summed E-state index contributed by atoms with van der Waals surface area (Å²) in [6.07, 6.45) is 0.909. The summed E-state index contributed by atoms with van der Waals surface area (Å²) in [6, 6.07) is 0. The van der Waals surface area contributed by atoms with Crippen LogP contribution in [0.4, 0.5) is 0 Å². The van der Waals surface area contributed by atoms with Crippen LogP contribution < -0.4 is 0 Å². The van der Waals surface area contributed by atoms with Crippen molar-refractivity contribution >= 4 is 17.8 Å². The predicted octanol–water partition coefficient (Wildman–Crippen LogP) is 0.882. The quantitative estimate of drug-likeness (QED) is 0.707. The van der Waals surface area contributed by atoms with Gasteiger partial charge in [0.15, 0.2) is 0 Å². The average Bonchev–Trinajstić information content (AvgIpc) is 2.47. The van der Waals surface area contributed by atoms with Crippen molar-refractivity contribution in [3.05, 3.63) is 0 Å². The molecular weight excluding hydrogens is 210 g/mol. The molecule has 5 heteroatoms. The summed E-state index contributed by atoms with van der Waals surface area (Å²) in [5.41, 5.74) is 0. The second kappa shape index (κ2) is 5.09. The smallest absolute Gasteiger partial charge is 0.308 e. The Labute approximate surface area is 94.4 Å². The first kappa shape index (κ1) is 12.7. The van der Waals surface area contributed by atoms with Crippen LogP contribution in [0.2, 0.25) is 0 Å². The standard InChI is InChI=1S/C11H17NO4/c1-7(2)5-8(11(15)16)6-12-9(13)3-4-10(12)14/h7-8H,3-6H2,1-2H3,(H,15,16). The summed E-state index contributed by atoms with van der Waals surface area (Å²) in [7, 11) is 0. The monoisotopic (exact) mass is 227 g/mol. The summed E-state index contributed by atoms with van der Waals surface area (Å²) in [5.74, 6) is -1.86. The zero-order valence-electron chi connectivity index (χ0n) is 9.60. The Bertz CT molecular complexity index is 295. The number of rotatable bonds is 5. The van der Waals surface area contributed by atoms with Crippen LogP contribution in [0.15, 0.2) is 0 Å². The molecule has 0 saturated carbocycles. The van der Waals surface area contributed by atoms with Gasteiger partial charge in [-0.25, -0.2) is 0 Å². The lowest BCUT2D eigenvalue weighted by molar-refractivity contribution is -0.145. The molecule has 1 unspecified atom stereocenters. The Hall–Kier alpha value is -1.39. The second-order valence-electron chi connectivity index (χ2n) is 4.56. The van der Waals surface area contributed by atoms with Gasteiger partial charge in [0.05, 0.1) is 5.92 Å². The van der Waals surface area contributed by atoms with Crippen LogP contribution in [0.5, 0.6) is 0 Å². The van der Waals surface area contributed by atoms with Gasteiger partial charge in [-0.2, -0.15) is 0 Å². The maximum absolute atomic E-state index is 11.3. The summed E-state index contributed by atoms with van der Waals surface area (Å²) in [6.45, 7) is 3.86. The molecule has 0 spiro atoms. The van der Waals surface area contributed by atoms with E-state index in [2.05, 4.69) is 0 Å². The molecule has 5 nitrogen and oxygen atoms in total. The highest BCUT2D eigenvalue weighted by Crippen LogP contribution is 2.18. The summed E-state index contributed by atoms with van der Waals surface area (Å²) >= 11 is 0. The number of amides is 2. The van der Waals surface area contributed by atoms with E-state index >= 15 is 0 Å². The number of carboxylic acids is 1. The molecule has 0 aliphatic carbocycles. The Morgan fingerprint density at radius 1 is 1.31 bits per heavy atom. The molecule has 0 aromatic heterocycles. The summed E-state index contributed by atoms with van der Waals surface area (Å²) in [5, 5.41) is 9.01. The first-order valence-electron chi connectivity index (χ1n) is 5.47. The Morgan fingerprint density at radius 2 is 1.81 bits per heavy atom. The van der Waals surface area contributed by atoms with E-state index in [-0.39, 0.29) is 37.1 Å². The van der Waals surface area contributed by atoms with Crippen LogP contribution in [0.1, 0.15) is 33.1 Å². The number of imide groups is 1. The van der Waals surface area contributed by atoms with Crippen molar-refractivity contribution in [1.29, 1.82) is 0 Å². The molecular formula is C11H17NO4. The molecule has 0 radical (unpaired) electrons. The third kappa shape index (κ3) is 3.05. The van der Waals surface area contributed by atoms with Gasteiger partial charge < -0.3 is 5.11 Å². The lowest BCUT2D eigenvalue weighted by Gasteiger charge is -2.20. The number of likely N-dealkylation sites (tertiary alicyclic amines) is 1. The number of nitrogens with zero attached hydrogens (tertiary/aromatic N) is 1. The topological polar surface area (TPSA) is 74.7 Å². The lowest BCUT2D eigenvalue weighted by atomic mass is 9.97. The van der Waals surface area contributed by atoms with E-state index in [4.69, 9.17) is 5.11 Å². The zero-order valence-corrected chi connectivity index (χ0v) is 9.60. The minimum atomic E-state index is -0.943. The molecule has 0 aromatic carbocycles. The Balaban J connectivity index is 2.64.